The van der Waals surface area contributed by atoms with E-state index in [0.717, 1.165) is 81.0 Å². The predicted molar refractivity (Wildman–Crippen MR) is 127 cm³/mol. The van der Waals surface area contributed by atoms with Crippen molar-refractivity contribution in [3.8, 4) is 22.9 Å². The Kier molecular flexibility index (Phi) is 6.78. The van der Waals surface area contributed by atoms with Crippen LogP contribution < -0.4 is 9.47 Å². The van der Waals surface area contributed by atoms with Crippen LogP contribution in [0.4, 0.5) is 0 Å². The third-order valence-corrected chi connectivity index (χ3v) is 7.11. The van der Waals surface area contributed by atoms with Crippen molar-refractivity contribution >= 4 is 0 Å². The molecule has 2 saturated heterocycles. The minimum absolute atomic E-state index is 0.0498. The fourth-order valence-electron chi connectivity index (χ4n) is 5.29. The maximum Gasteiger partial charge on any atom is 0.227 e. The summed E-state index contributed by atoms with van der Waals surface area (Å²) >= 11 is 0. The number of hydrogen-bond donors (Lipinski definition) is 0. The molecule has 8 nitrogen and oxygen atoms in total. The molecule has 2 aliphatic heterocycles. The van der Waals surface area contributed by atoms with Gasteiger partial charge in [0.1, 0.15) is 0 Å². The zero-order valence-electron chi connectivity index (χ0n) is 19.9. The van der Waals surface area contributed by atoms with E-state index in [1.165, 1.54) is 0 Å². The lowest BCUT2D eigenvalue weighted by atomic mass is 9.78. The van der Waals surface area contributed by atoms with E-state index in [-0.39, 0.29) is 5.60 Å². The van der Waals surface area contributed by atoms with Crippen LogP contribution in [0.15, 0.2) is 47.2 Å². The van der Waals surface area contributed by atoms with Crippen molar-refractivity contribution in [2.45, 2.75) is 44.2 Å². The summed E-state index contributed by atoms with van der Waals surface area (Å²) < 4.78 is 23.0. The van der Waals surface area contributed by atoms with Crippen LogP contribution in [0.25, 0.3) is 11.4 Å². The van der Waals surface area contributed by atoms with Gasteiger partial charge in [0.25, 0.3) is 0 Å². The molecule has 4 heterocycles. The normalized spacial score (nSPS) is 20.4. The number of benzene rings is 1. The van der Waals surface area contributed by atoms with E-state index < -0.39 is 0 Å². The third kappa shape index (κ3) is 4.93. The quantitative estimate of drug-likeness (QED) is 0.516. The van der Waals surface area contributed by atoms with E-state index in [1.807, 2.05) is 24.3 Å². The zero-order chi connectivity index (χ0) is 23.4. The van der Waals surface area contributed by atoms with Crippen molar-refractivity contribution in [3.63, 3.8) is 0 Å². The number of likely N-dealkylation sites (tertiary alicyclic amines) is 1. The summed E-state index contributed by atoms with van der Waals surface area (Å²) in [5, 5.41) is 4.16. The van der Waals surface area contributed by atoms with Gasteiger partial charge in [0.15, 0.2) is 11.5 Å². The first-order chi connectivity index (χ1) is 16.7. The van der Waals surface area contributed by atoms with Crippen molar-refractivity contribution in [2.24, 2.45) is 5.92 Å². The van der Waals surface area contributed by atoms with Crippen molar-refractivity contribution in [1.29, 1.82) is 0 Å². The Labute approximate surface area is 200 Å². The van der Waals surface area contributed by atoms with Crippen LogP contribution >= 0.6 is 0 Å². The second-order valence-electron chi connectivity index (χ2n) is 9.27. The number of hydrogen-bond acceptors (Lipinski definition) is 8. The molecule has 0 radical (unpaired) electrons. The molecule has 1 atom stereocenters. The molecule has 0 N–H and O–H groups in total. The van der Waals surface area contributed by atoms with E-state index in [1.54, 1.807) is 26.6 Å². The minimum Gasteiger partial charge on any atom is -0.493 e. The number of rotatable bonds is 7. The molecule has 2 fully saturated rings. The number of para-hydroxylation sites is 1. The van der Waals surface area contributed by atoms with Crippen LogP contribution in [-0.4, -0.2) is 59.5 Å². The van der Waals surface area contributed by atoms with Gasteiger partial charge in [-0.2, -0.15) is 4.98 Å². The molecule has 34 heavy (non-hydrogen) atoms. The molecular formula is C26H32N4O4. The van der Waals surface area contributed by atoms with Gasteiger partial charge >= 0.3 is 0 Å². The van der Waals surface area contributed by atoms with E-state index in [0.29, 0.717) is 17.6 Å². The molecule has 0 amide bonds. The SMILES string of the molecule is COc1cccc(CN2CCC3(CC2)CC(Cc2nc(-c4ccncc4)no2)CCO3)c1OC. The first-order valence-corrected chi connectivity index (χ1v) is 12.0. The van der Waals surface area contributed by atoms with Crippen molar-refractivity contribution in [2.75, 3.05) is 33.9 Å². The van der Waals surface area contributed by atoms with Gasteiger partial charge in [0.2, 0.25) is 11.7 Å². The Hall–Kier alpha value is -2.97. The summed E-state index contributed by atoms with van der Waals surface area (Å²) in [6.07, 6.45) is 8.40. The van der Waals surface area contributed by atoms with Crippen LogP contribution in [0.1, 0.15) is 37.1 Å². The molecule has 5 rings (SSSR count). The van der Waals surface area contributed by atoms with Crippen LogP contribution in [0, 0.1) is 5.92 Å². The molecule has 2 aliphatic rings. The van der Waals surface area contributed by atoms with Crippen LogP contribution in [0.3, 0.4) is 0 Å². The Morgan fingerprint density at radius 2 is 1.91 bits per heavy atom. The number of ether oxygens (including phenoxy) is 3. The summed E-state index contributed by atoms with van der Waals surface area (Å²) in [5.41, 5.74) is 2.03. The first kappa shape index (κ1) is 22.8. The first-order valence-electron chi connectivity index (χ1n) is 12.0. The average molecular weight is 465 g/mol. The van der Waals surface area contributed by atoms with Crippen molar-refractivity contribution in [1.82, 2.24) is 20.0 Å². The third-order valence-electron chi connectivity index (χ3n) is 7.11. The van der Waals surface area contributed by atoms with Crippen LogP contribution in [0.5, 0.6) is 11.5 Å². The van der Waals surface area contributed by atoms with Crippen molar-refractivity contribution in [3.05, 3.63) is 54.2 Å². The maximum atomic E-state index is 6.38. The summed E-state index contributed by atoms with van der Waals surface area (Å²) in [7, 11) is 3.38. The van der Waals surface area contributed by atoms with Gasteiger partial charge in [-0.05, 0) is 49.8 Å². The highest BCUT2D eigenvalue weighted by molar-refractivity contribution is 5.52. The molecule has 0 saturated carbocycles. The van der Waals surface area contributed by atoms with E-state index >= 15 is 0 Å². The lowest BCUT2D eigenvalue weighted by Gasteiger charge is -2.46. The van der Waals surface area contributed by atoms with Crippen LogP contribution in [-0.2, 0) is 17.7 Å². The standard InChI is InChI=1S/C26H32N4O4/c1-31-22-5-3-4-21(24(22)32-2)18-30-13-9-26(10-14-30)17-19(8-15-33-26)16-23-28-25(29-34-23)20-6-11-27-12-7-20/h3-7,11-12,19H,8-10,13-18H2,1-2H3. The summed E-state index contributed by atoms with van der Waals surface area (Å²) in [5.74, 6) is 3.42. The number of nitrogens with zero attached hydrogens (tertiary/aromatic N) is 4. The van der Waals surface area contributed by atoms with Gasteiger partial charge in [-0.25, -0.2) is 0 Å². The van der Waals surface area contributed by atoms with Gasteiger partial charge in [-0.3, -0.25) is 9.88 Å². The highest BCUT2D eigenvalue weighted by Crippen LogP contribution is 2.40. The van der Waals surface area contributed by atoms with Gasteiger partial charge in [0, 0.05) is 56.2 Å². The molecule has 0 aliphatic carbocycles. The monoisotopic (exact) mass is 464 g/mol. The van der Waals surface area contributed by atoms with E-state index in [9.17, 15) is 0 Å². The number of methoxy groups -OCH3 is 2. The molecule has 1 spiro atoms. The topological polar surface area (TPSA) is 82.7 Å². The van der Waals surface area contributed by atoms with Gasteiger partial charge in [0.05, 0.1) is 19.8 Å². The Morgan fingerprint density at radius 1 is 1.09 bits per heavy atom. The van der Waals surface area contributed by atoms with E-state index in [4.69, 9.17) is 18.7 Å². The lowest BCUT2D eigenvalue weighted by molar-refractivity contribution is -0.128. The van der Waals surface area contributed by atoms with Crippen molar-refractivity contribution < 1.29 is 18.7 Å². The van der Waals surface area contributed by atoms with E-state index in [2.05, 4.69) is 26.1 Å². The molecule has 0 bridgehead atoms. The summed E-state index contributed by atoms with van der Waals surface area (Å²) in [6, 6.07) is 9.87. The fourth-order valence-corrected chi connectivity index (χ4v) is 5.29. The Balaban J connectivity index is 1.18. The summed E-state index contributed by atoms with van der Waals surface area (Å²) in [6.45, 7) is 3.64. The molecule has 1 aromatic carbocycles. The van der Waals surface area contributed by atoms with Gasteiger partial charge < -0.3 is 18.7 Å². The second kappa shape index (κ2) is 10.1. The van der Waals surface area contributed by atoms with Gasteiger partial charge in [-0.15, -0.1) is 0 Å². The molecule has 8 heteroatoms. The predicted octanol–water partition coefficient (Wildman–Crippen LogP) is 4.15. The van der Waals surface area contributed by atoms with Gasteiger partial charge in [-0.1, -0.05) is 17.3 Å². The van der Waals surface area contributed by atoms with Crippen LogP contribution in [0.2, 0.25) is 0 Å². The Morgan fingerprint density at radius 3 is 2.68 bits per heavy atom. The fraction of sp³-hybridized carbons (Fsp3) is 0.500. The highest BCUT2D eigenvalue weighted by Gasteiger charge is 2.40. The highest BCUT2D eigenvalue weighted by atomic mass is 16.5. The minimum atomic E-state index is -0.0498. The number of aromatic nitrogens is 3. The number of pyridine rings is 1. The molecule has 2 aromatic heterocycles. The molecule has 3 aromatic rings. The second-order valence-corrected chi connectivity index (χ2v) is 9.27. The maximum absolute atomic E-state index is 6.38. The smallest absolute Gasteiger partial charge is 0.227 e. The average Bonchev–Trinajstić information content (AvgIpc) is 3.34. The Bertz CT molecular complexity index is 1080. The lowest BCUT2D eigenvalue weighted by Crippen LogP contribution is -2.49. The zero-order valence-corrected chi connectivity index (χ0v) is 19.9. The largest absolute Gasteiger partial charge is 0.493 e. The molecule has 180 valence electrons. The number of piperidine rings is 1. The molecular weight excluding hydrogens is 432 g/mol. The summed E-state index contributed by atoms with van der Waals surface area (Å²) in [4.78, 5) is 11.2. The molecule has 1 unspecified atom stereocenters.